The van der Waals surface area contributed by atoms with E-state index in [1.165, 1.54) is 0 Å². The second-order valence-electron chi connectivity index (χ2n) is 7.78. The zero-order chi connectivity index (χ0) is 22.8. The summed E-state index contributed by atoms with van der Waals surface area (Å²) in [5, 5.41) is 3.68. The van der Waals surface area contributed by atoms with E-state index in [1.54, 1.807) is 29.2 Å². The fraction of sp³-hybridized carbons (Fsp3) is 0.292. The second kappa shape index (κ2) is 8.95. The summed E-state index contributed by atoms with van der Waals surface area (Å²) in [7, 11) is 0. The normalized spacial score (nSPS) is 14.0. The van der Waals surface area contributed by atoms with E-state index in [0.29, 0.717) is 66.8 Å². The number of para-hydroxylation sites is 1. The van der Waals surface area contributed by atoms with Gasteiger partial charge in [0.1, 0.15) is 22.7 Å². The number of fused-ring (bicyclic) bond motifs is 3. The first-order valence-corrected chi connectivity index (χ1v) is 11.0. The molecule has 0 spiro atoms. The van der Waals surface area contributed by atoms with Crippen molar-refractivity contribution in [2.45, 2.75) is 13.3 Å². The molecule has 1 fully saturated rings. The molecule has 0 aliphatic carbocycles. The molecule has 4 aromatic rings. The minimum atomic E-state index is -0.379. The summed E-state index contributed by atoms with van der Waals surface area (Å²) in [5.41, 5.74) is 2.02. The number of hydrogen-bond acceptors (Lipinski definition) is 6. The van der Waals surface area contributed by atoms with Crippen LogP contribution in [0.4, 0.5) is 10.5 Å². The summed E-state index contributed by atoms with van der Waals surface area (Å²) in [6.07, 6.45) is 0.824. The molecule has 170 valence electrons. The number of carbonyl (C=O) groups excluding carboxylic acids is 1. The number of anilines is 1. The van der Waals surface area contributed by atoms with Gasteiger partial charge in [-0.3, -0.25) is 4.79 Å². The van der Waals surface area contributed by atoms with Crippen molar-refractivity contribution in [3.8, 4) is 17.1 Å². The molecule has 0 bridgehead atoms. The predicted octanol–water partition coefficient (Wildman–Crippen LogP) is 3.99. The summed E-state index contributed by atoms with van der Waals surface area (Å²) in [6, 6.07) is 12.5. The van der Waals surface area contributed by atoms with Gasteiger partial charge in [-0.05, 0) is 36.8 Å². The van der Waals surface area contributed by atoms with Gasteiger partial charge in [0.15, 0.2) is 0 Å². The summed E-state index contributed by atoms with van der Waals surface area (Å²) in [4.78, 5) is 34.7. The van der Waals surface area contributed by atoms with Crippen molar-refractivity contribution in [3.05, 3.63) is 52.8 Å². The van der Waals surface area contributed by atoms with Gasteiger partial charge in [0.2, 0.25) is 5.58 Å². The number of urea groups is 1. The molecule has 0 unspecified atom stereocenters. The van der Waals surface area contributed by atoms with Crippen LogP contribution in [0.15, 0.2) is 51.7 Å². The molecular formula is C24H24N4O5. The second-order valence-corrected chi connectivity index (χ2v) is 7.78. The Balaban J connectivity index is 1.56. The molecule has 9 nitrogen and oxygen atoms in total. The lowest BCUT2D eigenvalue weighted by molar-refractivity contribution is 0.0564. The fourth-order valence-corrected chi connectivity index (χ4v) is 3.83. The number of amides is 2. The van der Waals surface area contributed by atoms with Gasteiger partial charge in [-0.1, -0.05) is 19.1 Å². The standard InChI is InChI=1S/C24H24N4O5/c1-2-11-32-18-8-7-15(25-24(30)28-9-12-31-13-10-28)14-17(18)22-26-20-16-5-3-4-6-19(16)33-21(20)23(29)27-22/h3-8,14H,2,9-13H2,1H3,(H,25,30)(H,26,27,29). The molecular weight excluding hydrogens is 424 g/mol. The van der Waals surface area contributed by atoms with Crippen LogP contribution in [0.5, 0.6) is 5.75 Å². The van der Waals surface area contributed by atoms with Crippen LogP contribution < -0.4 is 15.6 Å². The molecule has 0 radical (unpaired) electrons. The van der Waals surface area contributed by atoms with E-state index in [2.05, 4.69) is 10.3 Å². The average molecular weight is 448 g/mol. The highest BCUT2D eigenvalue weighted by Crippen LogP contribution is 2.33. The molecule has 2 N–H and O–H groups in total. The SMILES string of the molecule is CCCOc1ccc(NC(=O)N2CCOCC2)cc1-c1nc2c(oc3ccccc32)c(=O)[nH]1. The highest BCUT2D eigenvalue weighted by molar-refractivity contribution is 6.02. The summed E-state index contributed by atoms with van der Waals surface area (Å²) in [6.45, 7) is 4.64. The minimum Gasteiger partial charge on any atom is -0.493 e. The molecule has 33 heavy (non-hydrogen) atoms. The van der Waals surface area contributed by atoms with Gasteiger partial charge < -0.3 is 29.1 Å². The monoisotopic (exact) mass is 448 g/mol. The van der Waals surface area contributed by atoms with E-state index >= 15 is 0 Å². The number of ether oxygens (including phenoxy) is 2. The maximum atomic E-state index is 12.8. The molecule has 5 rings (SSSR count). The molecule has 1 aliphatic heterocycles. The first kappa shape index (κ1) is 21.0. The number of hydrogen-bond donors (Lipinski definition) is 2. The number of H-pyrrole nitrogens is 1. The van der Waals surface area contributed by atoms with Crippen LogP contribution >= 0.6 is 0 Å². The topological polar surface area (TPSA) is 110 Å². The van der Waals surface area contributed by atoms with Crippen molar-refractivity contribution in [2.75, 3.05) is 38.2 Å². The predicted molar refractivity (Wildman–Crippen MR) is 125 cm³/mol. The third-order valence-corrected chi connectivity index (χ3v) is 5.48. The molecule has 2 amide bonds. The van der Waals surface area contributed by atoms with Crippen LogP contribution in [0.1, 0.15) is 13.3 Å². The van der Waals surface area contributed by atoms with Crippen molar-refractivity contribution in [3.63, 3.8) is 0 Å². The number of furan rings is 1. The van der Waals surface area contributed by atoms with Crippen molar-refractivity contribution in [1.82, 2.24) is 14.9 Å². The maximum absolute atomic E-state index is 12.8. The van der Waals surface area contributed by atoms with Crippen molar-refractivity contribution in [2.24, 2.45) is 0 Å². The van der Waals surface area contributed by atoms with Gasteiger partial charge in [0.05, 0.1) is 25.4 Å². The van der Waals surface area contributed by atoms with Crippen LogP contribution in [0.25, 0.3) is 33.5 Å². The lowest BCUT2D eigenvalue weighted by atomic mass is 10.1. The maximum Gasteiger partial charge on any atom is 0.321 e. The molecule has 1 aliphatic rings. The Morgan fingerprint density at radius 1 is 1.21 bits per heavy atom. The molecule has 0 saturated carbocycles. The molecule has 9 heteroatoms. The fourth-order valence-electron chi connectivity index (χ4n) is 3.83. The Labute approximate surface area is 189 Å². The Bertz CT molecular complexity index is 1370. The number of aromatic amines is 1. The van der Waals surface area contributed by atoms with E-state index in [0.717, 1.165) is 11.8 Å². The smallest absolute Gasteiger partial charge is 0.321 e. The van der Waals surface area contributed by atoms with Crippen LogP contribution in [-0.4, -0.2) is 53.8 Å². The van der Waals surface area contributed by atoms with Crippen molar-refractivity contribution >= 4 is 33.8 Å². The number of carbonyl (C=O) groups is 1. The lowest BCUT2D eigenvalue weighted by Crippen LogP contribution is -2.43. The molecule has 2 aromatic heterocycles. The largest absolute Gasteiger partial charge is 0.493 e. The van der Waals surface area contributed by atoms with E-state index in [9.17, 15) is 9.59 Å². The van der Waals surface area contributed by atoms with Gasteiger partial charge in [-0.25, -0.2) is 9.78 Å². The van der Waals surface area contributed by atoms with E-state index in [4.69, 9.17) is 18.9 Å². The van der Waals surface area contributed by atoms with Gasteiger partial charge in [0.25, 0.3) is 5.56 Å². The molecule has 3 heterocycles. The number of benzene rings is 2. The van der Waals surface area contributed by atoms with Crippen LogP contribution in [-0.2, 0) is 4.74 Å². The quantitative estimate of drug-likeness (QED) is 0.478. The Hall–Kier alpha value is -3.85. The third kappa shape index (κ3) is 4.14. The Morgan fingerprint density at radius 2 is 2.03 bits per heavy atom. The molecule has 1 saturated heterocycles. The zero-order valence-corrected chi connectivity index (χ0v) is 18.2. The number of morpholine rings is 1. The first-order valence-electron chi connectivity index (χ1n) is 11.0. The van der Waals surface area contributed by atoms with Crippen LogP contribution in [0.2, 0.25) is 0 Å². The average Bonchev–Trinajstić information content (AvgIpc) is 3.23. The van der Waals surface area contributed by atoms with Gasteiger partial charge >= 0.3 is 6.03 Å². The van der Waals surface area contributed by atoms with E-state index < -0.39 is 0 Å². The van der Waals surface area contributed by atoms with Gasteiger partial charge in [-0.2, -0.15) is 0 Å². The number of aromatic nitrogens is 2. The number of rotatable bonds is 5. The third-order valence-electron chi connectivity index (χ3n) is 5.48. The van der Waals surface area contributed by atoms with Crippen LogP contribution in [0, 0.1) is 0 Å². The van der Waals surface area contributed by atoms with Crippen LogP contribution in [0.3, 0.4) is 0 Å². The van der Waals surface area contributed by atoms with Gasteiger partial charge in [0, 0.05) is 24.2 Å². The highest BCUT2D eigenvalue weighted by atomic mass is 16.5. The van der Waals surface area contributed by atoms with Gasteiger partial charge in [-0.15, -0.1) is 0 Å². The van der Waals surface area contributed by atoms with Crippen molar-refractivity contribution in [1.29, 1.82) is 0 Å². The highest BCUT2D eigenvalue weighted by Gasteiger charge is 2.19. The Morgan fingerprint density at radius 3 is 2.85 bits per heavy atom. The first-order chi connectivity index (χ1) is 16.1. The summed E-state index contributed by atoms with van der Waals surface area (Å²) in [5.74, 6) is 0.907. The molecule has 0 atom stereocenters. The van der Waals surface area contributed by atoms with E-state index in [1.807, 2.05) is 25.1 Å². The number of nitrogens with one attached hydrogen (secondary N) is 2. The minimum absolute atomic E-state index is 0.174. The van der Waals surface area contributed by atoms with E-state index in [-0.39, 0.29) is 17.2 Å². The summed E-state index contributed by atoms with van der Waals surface area (Å²) >= 11 is 0. The van der Waals surface area contributed by atoms with Crippen molar-refractivity contribution < 1.29 is 18.7 Å². The summed E-state index contributed by atoms with van der Waals surface area (Å²) < 4.78 is 16.9. The lowest BCUT2D eigenvalue weighted by Gasteiger charge is -2.27. The molecule has 2 aromatic carbocycles. The Kier molecular flexibility index (Phi) is 5.70. The zero-order valence-electron chi connectivity index (χ0n) is 18.2. The number of nitrogens with zero attached hydrogens (tertiary/aromatic N) is 2.